The molecule has 134 valence electrons. The molecule has 6 nitrogen and oxygen atoms in total. The number of aromatic nitrogens is 3. The summed E-state index contributed by atoms with van der Waals surface area (Å²) in [5.74, 6) is -1.00. The minimum atomic E-state index is -0.562. The van der Waals surface area contributed by atoms with Gasteiger partial charge >= 0.3 is 5.69 Å². The maximum Gasteiger partial charge on any atom is 0.350 e. The van der Waals surface area contributed by atoms with Crippen LogP contribution in [-0.4, -0.2) is 20.3 Å². The quantitative estimate of drug-likeness (QED) is 0.723. The molecule has 26 heavy (non-hydrogen) atoms. The molecule has 1 amide bonds. The van der Waals surface area contributed by atoms with Crippen LogP contribution in [0.2, 0.25) is 10.0 Å². The molecule has 3 rings (SSSR count). The Kier molecular flexibility index (Phi) is 5.39. The molecule has 0 unspecified atom stereocenters. The molecule has 0 aliphatic rings. The first kappa shape index (κ1) is 18.2. The van der Waals surface area contributed by atoms with Gasteiger partial charge in [-0.25, -0.2) is 18.4 Å². The zero-order chi connectivity index (χ0) is 18.7. The van der Waals surface area contributed by atoms with Crippen LogP contribution in [0, 0.1) is 5.82 Å². The minimum Gasteiger partial charge on any atom is -0.350 e. The van der Waals surface area contributed by atoms with Crippen LogP contribution in [0.4, 0.5) is 4.39 Å². The lowest BCUT2D eigenvalue weighted by Crippen LogP contribution is -2.33. The zero-order valence-corrected chi connectivity index (χ0v) is 14.8. The number of rotatable bonds is 5. The molecule has 0 saturated heterocycles. The molecular formula is C17H13Cl2FN4O2. The molecular weight excluding hydrogens is 382 g/mol. The van der Waals surface area contributed by atoms with Gasteiger partial charge in [-0.05, 0) is 29.8 Å². The number of nitrogens with zero attached hydrogens (tertiary/aromatic N) is 3. The summed E-state index contributed by atoms with van der Waals surface area (Å²) in [6, 6.07) is 11.1. The van der Waals surface area contributed by atoms with Crippen molar-refractivity contribution in [1.82, 2.24) is 19.7 Å². The van der Waals surface area contributed by atoms with Crippen LogP contribution in [0.5, 0.6) is 0 Å². The van der Waals surface area contributed by atoms with E-state index in [1.54, 1.807) is 30.3 Å². The number of halogens is 3. The third-order valence-corrected chi connectivity index (χ3v) is 4.24. The van der Waals surface area contributed by atoms with E-state index in [2.05, 4.69) is 10.4 Å². The minimum absolute atomic E-state index is 0.0109. The Morgan fingerprint density at radius 1 is 1.15 bits per heavy atom. The molecule has 9 heteroatoms. The van der Waals surface area contributed by atoms with Gasteiger partial charge in [0.15, 0.2) is 0 Å². The molecule has 2 aromatic carbocycles. The zero-order valence-electron chi connectivity index (χ0n) is 13.3. The fraction of sp³-hybridized carbons (Fsp3) is 0.118. The second-order valence-electron chi connectivity index (χ2n) is 5.42. The van der Waals surface area contributed by atoms with Crippen molar-refractivity contribution in [2.45, 2.75) is 13.1 Å². The number of benzene rings is 2. The highest BCUT2D eigenvalue weighted by molar-refractivity contribution is 6.32. The van der Waals surface area contributed by atoms with Gasteiger partial charge in [0.1, 0.15) is 18.7 Å². The predicted octanol–water partition coefficient (Wildman–Crippen LogP) is 2.80. The Morgan fingerprint density at radius 2 is 1.92 bits per heavy atom. The molecule has 1 aromatic heterocycles. The number of hydrogen-bond acceptors (Lipinski definition) is 3. The Bertz CT molecular complexity index is 1020. The first-order valence-electron chi connectivity index (χ1n) is 7.55. The number of carbonyl (C=O) groups excluding carboxylic acids is 1. The molecule has 0 aliphatic heterocycles. The molecule has 0 spiro atoms. The summed E-state index contributed by atoms with van der Waals surface area (Å²) in [6.07, 6.45) is 1.30. The van der Waals surface area contributed by atoms with E-state index in [0.29, 0.717) is 16.3 Å². The number of hydrogen-bond donors (Lipinski definition) is 1. The van der Waals surface area contributed by atoms with Gasteiger partial charge in [-0.1, -0.05) is 41.4 Å². The average Bonchev–Trinajstić information content (AvgIpc) is 2.97. The lowest BCUT2D eigenvalue weighted by Gasteiger charge is -2.06. The summed E-state index contributed by atoms with van der Waals surface area (Å²) in [6.45, 7) is -0.167. The highest BCUT2D eigenvalue weighted by Crippen LogP contribution is 2.17. The van der Waals surface area contributed by atoms with E-state index < -0.39 is 17.4 Å². The van der Waals surface area contributed by atoms with Gasteiger partial charge in [-0.3, -0.25) is 4.79 Å². The monoisotopic (exact) mass is 394 g/mol. The van der Waals surface area contributed by atoms with E-state index in [4.69, 9.17) is 23.2 Å². The molecule has 0 atom stereocenters. The van der Waals surface area contributed by atoms with E-state index in [0.717, 1.165) is 4.68 Å². The third-order valence-electron chi connectivity index (χ3n) is 3.61. The topological polar surface area (TPSA) is 68.9 Å². The number of carbonyl (C=O) groups is 1. The van der Waals surface area contributed by atoms with Gasteiger partial charge in [-0.2, -0.15) is 5.10 Å². The van der Waals surface area contributed by atoms with E-state index in [-0.39, 0.29) is 18.1 Å². The molecule has 0 aliphatic carbocycles. The highest BCUT2D eigenvalue weighted by atomic mass is 35.5. The lowest BCUT2D eigenvalue weighted by atomic mass is 10.2. The van der Waals surface area contributed by atoms with Crippen molar-refractivity contribution in [2.75, 3.05) is 0 Å². The largest absolute Gasteiger partial charge is 0.350 e. The van der Waals surface area contributed by atoms with Crippen LogP contribution in [0.25, 0.3) is 5.69 Å². The van der Waals surface area contributed by atoms with E-state index in [1.807, 2.05) is 0 Å². The summed E-state index contributed by atoms with van der Waals surface area (Å²) < 4.78 is 15.7. The predicted molar refractivity (Wildman–Crippen MR) is 96.1 cm³/mol. The summed E-state index contributed by atoms with van der Waals surface area (Å²) in [5, 5.41) is 6.93. The van der Waals surface area contributed by atoms with Gasteiger partial charge in [0, 0.05) is 6.54 Å². The average molecular weight is 395 g/mol. The number of amides is 1. The summed E-state index contributed by atoms with van der Waals surface area (Å²) in [7, 11) is 0. The van der Waals surface area contributed by atoms with Crippen LogP contribution in [-0.2, 0) is 17.9 Å². The van der Waals surface area contributed by atoms with Crippen molar-refractivity contribution < 1.29 is 9.18 Å². The van der Waals surface area contributed by atoms with Gasteiger partial charge < -0.3 is 5.32 Å². The van der Waals surface area contributed by atoms with Crippen LogP contribution >= 0.6 is 23.2 Å². The van der Waals surface area contributed by atoms with Gasteiger partial charge in [0.25, 0.3) is 0 Å². The Morgan fingerprint density at radius 3 is 2.65 bits per heavy atom. The first-order chi connectivity index (χ1) is 12.5. The van der Waals surface area contributed by atoms with E-state index >= 15 is 0 Å². The standard InChI is InChI=1S/C17H13Cl2FN4O2/c18-12-6-5-11(7-14(12)20)8-21-16(25)9-24-17(26)23(10-22-24)15-4-2-1-3-13(15)19/h1-7,10H,8-9H2,(H,21,25). The molecule has 0 radical (unpaired) electrons. The van der Waals surface area contributed by atoms with Gasteiger partial charge in [0.2, 0.25) is 5.91 Å². The molecule has 1 heterocycles. The lowest BCUT2D eigenvalue weighted by molar-refractivity contribution is -0.122. The fourth-order valence-corrected chi connectivity index (χ4v) is 2.64. The summed E-state index contributed by atoms with van der Waals surface area (Å²) in [5.41, 5.74) is 0.530. The van der Waals surface area contributed by atoms with Crippen LogP contribution in [0.3, 0.4) is 0 Å². The first-order valence-corrected chi connectivity index (χ1v) is 8.31. The van der Waals surface area contributed by atoms with Crippen molar-refractivity contribution in [3.63, 3.8) is 0 Å². The van der Waals surface area contributed by atoms with Crippen LogP contribution < -0.4 is 11.0 Å². The maximum atomic E-state index is 13.4. The van der Waals surface area contributed by atoms with Crippen molar-refractivity contribution in [3.8, 4) is 5.69 Å². The van der Waals surface area contributed by atoms with Crippen LogP contribution in [0.1, 0.15) is 5.56 Å². The van der Waals surface area contributed by atoms with Crippen molar-refractivity contribution in [3.05, 3.63) is 80.7 Å². The molecule has 3 aromatic rings. The molecule has 1 N–H and O–H groups in total. The van der Waals surface area contributed by atoms with E-state index in [1.165, 1.54) is 23.0 Å². The Balaban J connectivity index is 1.68. The Labute approximate surface area is 157 Å². The van der Waals surface area contributed by atoms with Gasteiger partial charge in [0.05, 0.1) is 15.7 Å². The summed E-state index contributed by atoms with van der Waals surface area (Å²) >= 11 is 11.7. The molecule has 0 fully saturated rings. The Hall–Kier alpha value is -2.64. The third kappa shape index (κ3) is 3.95. The second kappa shape index (κ2) is 7.72. The van der Waals surface area contributed by atoms with Crippen LogP contribution in [0.15, 0.2) is 53.6 Å². The van der Waals surface area contributed by atoms with E-state index in [9.17, 15) is 14.0 Å². The van der Waals surface area contributed by atoms with Crippen molar-refractivity contribution in [2.24, 2.45) is 0 Å². The summed E-state index contributed by atoms with van der Waals surface area (Å²) in [4.78, 5) is 24.4. The molecule has 0 bridgehead atoms. The SMILES string of the molecule is O=C(Cn1ncn(-c2ccccc2Cl)c1=O)NCc1ccc(Cl)c(F)c1. The van der Waals surface area contributed by atoms with Crippen molar-refractivity contribution >= 4 is 29.1 Å². The highest BCUT2D eigenvalue weighted by Gasteiger charge is 2.12. The molecule has 0 saturated carbocycles. The van der Waals surface area contributed by atoms with Gasteiger partial charge in [-0.15, -0.1) is 0 Å². The second-order valence-corrected chi connectivity index (χ2v) is 6.23. The smallest absolute Gasteiger partial charge is 0.350 e. The number of nitrogens with one attached hydrogen (secondary N) is 1. The van der Waals surface area contributed by atoms with Crippen molar-refractivity contribution in [1.29, 1.82) is 0 Å². The number of para-hydroxylation sites is 1. The normalized spacial score (nSPS) is 10.7. The fourth-order valence-electron chi connectivity index (χ4n) is 2.30. The maximum absolute atomic E-state index is 13.4.